The van der Waals surface area contributed by atoms with Gasteiger partial charge in [0.25, 0.3) is 5.56 Å². The van der Waals surface area contributed by atoms with Gasteiger partial charge in [-0.2, -0.15) is 4.98 Å². The van der Waals surface area contributed by atoms with Gasteiger partial charge in [0.2, 0.25) is 0 Å². The van der Waals surface area contributed by atoms with Gasteiger partial charge in [-0.15, -0.1) is 11.3 Å². The Labute approximate surface area is 115 Å². The molecule has 0 fully saturated rings. The Balaban J connectivity index is 2.13. The molecule has 0 saturated carbocycles. The van der Waals surface area contributed by atoms with Gasteiger partial charge in [-0.3, -0.25) is 9.78 Å². The van der Waals surface area contributed by atoms with Crippen molar-refractivity contribution in [3.05, 3.63) is 54.7 Å². The molecule has 3 rings (SSSR count). The normalized spacial score (nSPS) is 11.0. The Hall–Kier alpha value is -1.99. The number of rotatable bonds is 2. The summed E-state index contributed by atoms with van der Waals surface area (Å²) in [7, 11) is 0. The second kappa shape index (κ2) is 4.60. The van der Waals surface area contributed by atoms with Gasteiger partial charge in [0.15, 0.2) is 10.3 Å². The molecule has 0 bridgehead atoms. The standard InChI is InChI=1S/C11H7ClN4O2S/c12-10-13-6(5-19-10)4-16-3-1-2-7-8(16)14-11(18)15-9(7)17/h1-3,5H,4H2,(H,15,17,18). The van der Waals surface area contributed by atoms with E-state index in [1.807, 2.05) is 5.38 Å². The van der Waals surface area contributed by atoms with E-state index in [9.17, 15) is 9.59 Å². The largest absolute Gasteiger partial charge is 0.349 e. The number of pyridine rings is 1. The minimum atomic E-state index is -0.659. The summed E-state index contributed by atoms with van der Waals surface area (Å²) < 4.78 is 2.14. The third-order valence-electron chi connectivity index (χ3n) is 2.57. The van der Waals surface area contributed by atoms with E-state index in [0.717, 1.165) is 5.69 Å². The van der Waals surface area contributed by atoms with Crippen LogP contribution in [0.5, 0.6) is 0 Å². The highest BCUT2D eigenvalue weighted by atomic mass is 35.5. The molecule has 3 heterocycles. The summed E-state index contributed by atoms with van der Waals surface area (Å²) in [6.07, 6.45) is 1.74. The van der Waals surface area contributed by atoms with E-state index in [4.69, 9.17) is 11.6 Å². The second-order valence-corrected chi connectivity index (χ2v) is 5.28. The molecule has 0 aromatic carbocycles. The van der Waals surface area contributed by atoms with Gasteiger partial charge in [-0.05, 0) is 12.1 Å². The molecule has 0 atom stereocenters. The lowest BCUT2D eigenvalue weighted by molar-refractivity contribution is 0.753. The number of nitrogens with one attached hydrogen (secondary N) is 1. The second-order valence-electron chi connectivity index (χ2n) is 3.84. The van der Waals surface area contributed by atoms with Crippen LogP contribution < -0.4 is 11.2 Å². The van der Waals surface area contributed by atoms with Crippen LogP contribution in [0.2, 0.25) is 4.47 Å². The lowest BCUT2D eigenvalue weighted by atomic mass is 10.2. The van der Waals surface area contributed by atoms with Crippen molar-refractivity contribution in [3.8, 4) is 11.4 Å². The number of halogens is 1. The van der Waals surface area contributed by atoms with Crippen LogP contribution in [0, 0.1) is 0 Å². The van der Waals surface area contributed by atoms with Crippen molar-refractivity contribution in [3.63, 3.8) is 0 Å². The quantitative estimate of drug-likeness (QED) is 0.770. The number of fused-ring (bicyclic) bond motifs is 1. The molecule has 0 aliphatic carbocycles. The Morgan fingerprint density at radius 1 is 1.37 bits per heavy atom. The van der Waals surface area contributed by atoms with Crippen LogP contribution in [-0.4, -0.2) is 19.5 Å². The average Bonchev–Trinajstić information content (AvgIpc) is 2.76. The molecule has 1 aromatic rings. The predicted octanol–water partition coefficient (Wildman–Crippen LogP) is 1.19. The van der Waals surface area contributed by atoms with Gasteiger partial charge < -0.3 is 4.57 Å². The van der Waals surface area contributed by atoms with Gasteiger partial charge in [0.1, 0.15) is 0 Å². The summed E-state index contributed by atoms with van der Waals surface area (Å²) in [6.45, 7) is 0.399. The first kappa shape index (κ1) is 12.1. The third kappa shape index (κ3) is 2.29. The molecule has 1 N–H and O–H groups in total. The van der Waals surface area contributed by atoms with E-state index in [-0.39, 0.29) is 0 Å². The molecule has 0 spiro atoms. The topological polar surface area (TPSA) is 80.6 Å². The number of hydrogen-bond donors (Lipinski definition) is 1. The first-order valence-corrected chi connectivity index (χ1v) is 6.58. The van der Waals surface area contributed by atoms with Crippen LogP contribution in [-0.2, 0) is 6.54 Å². The van der Waals surface area contributed by atoms with E-state index in [1.54, 1.807) is 22.9 Å². The van der Waals surface area contributed by atoms with Gasteiger partial charge in [-0.1, -0.05) is 11.6 Å². The van der Waals surface area contributed by atoms with Crippen molar-refractivity contribution >= 4 is 22.9 Å². The van der Waals surface area contributed by atoms with E-state index < -0.39 is 11.2 Å². The highest BCUT2D eigenvalue weighted by molar-refractivity contribution is 7.13. The monoisotopic (exact) mass is 294 g/mol. The number of nitrogens with zero attached hydrogens (tertiary/aromatic N) is 3. The molecule has 1 aromatic heterocycles. The molecule has 0 unspecified atom stereocenters. The molecule has 2 aliphatic rings. The van der Waals surface area contributed by atoms with Crippen molar-refractivity contribution in [2.24, 2.45) is 0 Å². The Kier molecular flexibility index (Phi) is 2.92. The molecular weight excluding hydrogens is 288 g/mol. The summed E-state index contributed by atoms with van der Waals surface area (Å²) in [5, 5.41) is 1.82. The zero-order valence-corrected chi connectivity index (χ0v) is 11.0. The Bertz CT molecular complexity index is 822. The number of H-pyrrole nitrogens is 1. The fourth-order valence-electron chi connectivity index (χ4n) is 1.79. The zero-order chi connectivity index (χ0) is 13.4. The predicted molar refractivity (Wildman–Crippen MR) is 72.0 cm³/mol. The van der Waals surface area contributed by atoms with Crippen molar-refractivity contribution < 1.29 is 0 Å². The molecule has 6 nitrogen and oxygen atoms in total. The van der Waals surface area contributed by atoms with Crippen molar-refractivity contribution in [2.45, 2.75) is 6.54 Å². The van der Waals surface area contributed by atoms with Gasteiger partial charge >= 0.3 is 5.69 Å². The molecule has 96 valence electrons. The molecule has 0 saturated heterocycles. The maximum atomic E-state index is 11.7. The van der Waals surface area contributed by atoms with Crippen LogP contribution in [0.25, 0.3) is 11.4 Å². The van der Waals surface area contributed by atoms with Crippen LogP contribution in [0.15, 0.2) is 33.3 Å². The summed E-state index contributed by atoms with van der Waals surface area (Å²) in [5.41, 5.74) is 0.0138. The summed E-state index contributed by atoms with van der Waals surface area (Å²) >= 11 is 7.10. The minimum Gasteiger partial charge on any atom is -0.326 e. The molecule has 8 heteroatoms. The van der Waals surface area contributed by atoms with Crippen molar-refractivity contribution in [2.75, 3.05) is 0 Å². The smallest absolute Gasteiger partial charge is 0.326 e. The van der Waals surface area contributed by atoms with E-state index in [2.05, 4.69) is 15.0 Å². The Morgan fingerprint density at radius 2 is 2.21 bits per heavy atom. The molecule has 0 amide bonds. The SMILES string of the molecule is O=c1nc2n(Cc3csc(Cl)n3)cccc-2c(=O)[nH]1. The van der Waals surface area contributed by atoms with Crippen molar-refractivity contribution in [1.29, 1.82) is 0 Å². The van der Waals surface area contributed by atoms with Crippen LogP contribution >= 0.6 is 22.9 Å². The summed E-state index contributed by atoms with van der Waals surface area (Å²) in [4.78, 5) is 33.1. The lowest BCUT2D eigenvalue weighted by Gasteiger charge is -2.11. The van der Waals surface area contributed by atoms with E-state index in [0.29, 0.717) is 22.4 Å². The van der Waals surface area contributed by atoms with Gasteiger partial charge in [0.05, 0.1) is 17.8 Å². The third-order valence-corrected chi connectivity index (χ3v) is 3.60. The number of hydrogen-bond acceptors (Lipinski definition) is 5. The maximum Gasteiger partial charge on any atom is 0.349 e. The average molecular weight is 295 g/mol. The highest BCUT2D eigenvalue weighted by Gasteiger charge is 2.13. The number of aromatic amines is 1. The van der Waals surface area contributed by atoms with E-state index in [1.165, 1.54) is 11.3 Å². The van der Waals surface area contributed by atoms with Crippen LogP contribution in [0.3, 0.4) is 0 Å². The first-order valence-electron chi connectivity index (χ1n) is 5.33. The van der Waals surface area contributed by atoms with Gasteiger partial charge in [-0.25, -0.2) is 9.78 Å². The highest BCUT2D eigenvalue weighted by Crippen LogP contribution is 2.18. The molecular formula is C11H7ClN4O2S. The number of aromatic nitrogens is 4. The van der Waals surface area contributed by atoms with Crippen LogP contribution in [0.4, 0.5) is 0 Å². The van der Waals surface area contributed by atoms with Gasteiger partial charge in [0, 0.05) is 11.6 Å². The fourth-order valence-corrected chi connectivity index (χ4v) is 2.56. The molecule has 2 aliphatic heterocycles. The lowest BCUT2D eigenvalue weighted by Crippen LogP contribution is -2.27. The molecule has 0 radical (unpaired) electrons. The zero-order valence-electron chi connectivity index (χ0n) is 9.46. The summed E-state index contributed by atoms with van der Waals surface area (Å²) in [6, 6.07) is 3.34. The fraction of sp³-hybridized carbons (Fsp3) is 0.0909. The Morgan fingerprint density at radius 3 is 2.95 bits per heavy atom. The number of thiazole rings is 1. The maximum absolute atomic E-state index is 11.7. The van der Waals surface area contributed by atoms with Crippen molar-refractivity contribution in [1.82, 2.24) is 19.5 Å². The minimum absolute atomic E-state index is 0.334. The van der Waals surface area contributed by atoms with Crippen LogP contribution in [0.1, 0.15) is 5.69 Å². The summed E-state index contributed by atoms with van der Waals surface area (Å²) in [5.74, 6) is 0.334. The van der Waals surface area contributed by atoms with E-state index >= 15 is 0 Å². The first-order chi connectivity index (χ1) is 9.13. The molecule has 19 heavy (non-hydrogen) atoms.